The second kappa shape index (κ2) is 9.51. The van der Waals surface area contributed by atoms with Gasteiger partial charge in [0.1, 0.15) is 0 Å². The lowest BCUT2D eigenvalue weighted by Crippen LogP contribution is -2.30. The number of nitrogens with one attached hydrogen (secondary N) is 1. The Labute approximate surface area is 153 Å². The molecule has 0 aliphatic rings. The molecule has 25 heavy (non-hydrogen) atoms. The van der Waals surface area contributed by atoms with Crippen LogP contribution in [0, 0.1) is 5.92 Å². The quantitative estimate of drug-likeness (QED) is 0.505. The third-order valence-electron chi connectivity index (χ3n) is 4.01. The molecule has 5 heteroatoms. The van der Waals surface area contributed by atoms with Crippen LogP contribution in [0.1, 0.15) is 58.6 Å². The van der Waals surface area contributed by atoms with Crippen molar-refractivity contribution in [2.45, 2.75) is 58.9 Å². The summed E-state index contributed by atoms with van der Waals surface area (Å²) in [4.78, 5) is 0. The Kier molecular flexibility index (Phi) is 8.32. The Bertz CT molecular complexity index is 641. The number of rotatable bonds is 9. The fourth-order valence-electron chi connectivity index (χ4n) is 2.60. The first-order valence-corrected chi connectivity index (χ1v) is 10.6. The molecule has 0 radical (unpaired) electrons. The molecule has 142 valence electrons. The van der Waals surface area contributed by atoms with Crippen molar-refractivity contribution in [1.82, 2.24) is 5.32 Å². The molecule has 0 amide bonds. The molecule has 0 saturated carbocycles. The molecule has 1 aromatic carbocycles. The Morgan fingerprint density at radius 2 is 1.76 bits per heavy atom. The van der Waals surface area contributed by atoms with Crippen LogP contribution >= 0.6 is 0 Å². The second-order valence-electron chi connectivity index (χ2n) is 8.06. The maximum atomic E-state index is 10.8. The minimum Gasteiger partial charge on any atom is -0.310 e. The predicted molar refractivity (Wildman–Crippen MR) is 106 cm³/mol. The third kappa shape index (κ3) is 9.78. The van der Waals surface area contributed by atoms with E-state index in [4.69, 9.17) is 4.55 Å². The molecule has 0 unspecified atom stereocenters. The lowest BCUT2D eigenvalue weighted by molar-refractivity contribution is 0.462. The van der Waals surface area contributed by atoms with Crippen LogP contribution in [0.3, 0.4) is 0 Å². The SMILES string of the molecule is CC(C)C[C@H](/C=C/c1ccc(C(C)(C)C)cc1)NCCCS(=O)(=O)O. The summed E-state index contributed by atoms with van der Waals surface area (Å²) in [7, 11) is -3.87. The van der Waals surface area contributed by atoms with Gasteiger partial charge in [0.25, 0.3) is 10.1 Å². The molecule has 0 bridgehead atoms. The summed E-state index contributed by atoms with van der Waals surface area (Å²) in [6.45, 7) is 11.5. The Hall–Kier alpha value is -1.17. The summed E-state index contributed by atoms with van der Waals surface area (Å²) in [5.41, 5.74) is 2.62. The van der Waals surface area contributed by atoms with Crippen molar-refractivity contribution < 1.29 is 13.0 Å². The molecule has 0 saturated heterocycles. The normalized spacial score (nSPS) is 14.4. The first kappa shape index (κ1) is 21.9. The summed E-state index contributed by atoms with van der Waals surface area (Å²) >= 11 is 0. The molecule has 0 aliphatic carbocycles. The highest BCUT2D eigenvalue weighted by Crippen LogP contribution is 2.22. The van der Waals surface area contributed by atoms with Crippen molar-refractivity contribution in [3.05, 3.63) is 41.5 Å². The first-order chi connectivity index (χ1) is 11.5. The van der Waals surface area contributed by atoms with Crippen LogP contribution in [0.15, 0.2) is 30.3 Å². The average Bonchev–Trinajstić information content (AvgIpc) is 2.47. The monoisotopic (exact) mass is 367 g/mol. The summed E-state index contributed by atoms with van der Waals surface area (Å²) in [5, 5.41) is 3.37. The largest absolute Gasteiger partial charge is 0.310 e. The molecular formula is C20H33NO3S. The van der Waals surface area contributed by atoms with Crippen LogP contribution < -0.4 is 5.32 Å². The van der Waals surface area contributed by atoms with Crippen LogP contribution in [-0.4, -0.2) is 31.3 Å². The van der Waals surface area contributed by atoms with Crippen molar-refractivity contribution in [2.24, 2.45) is 5.92 Å². The number of benzene rings is 1. The third-order valence-corrected chi connectivity index (χ3v) is 4.81. The Morgan fingerprint density at radius 3 is 2.24 bits per heavy atom. The highest BCUT2D eigenvalue weighted by atomic mass is 32.2. The van der Waals surface area contributed by atoms with Crippen molar-refractivity contribution in [1.29, 1.82) is 0 Å². The summed E-state index contributed by atoms with van der Waals surface area (Å²) in [6, 6.07) is 8.76. The summed E-state index contributed by atoms with van der Waals surface area (Å²) < 4.78 is 30.3. The van der Waals surface area contributed by atoms with Gasteiger partial charge in [-0.1, -0.05) is 71.0 Å². The van der Waals surface area contributed by atoms with Crippen LogP contribution in [0.5, 0.6) is 0 Å². The van der Waals surface area contributed by atoms with Crippen LogP contribution in [-0.2, 0) is 15.5 Å². The Balaban J connectivity index is 2.65. The van der Waals surface area contributed by atoms with Gasteiger partial charge >= 0.3 is 0 Å². The van der Waals surface area contributed by atoms with E-state index in [1.807, 2.05) is 0 Å². The van der Waals surface area contributed by atoms with E-state index in [2.05, 4.69) is 76.4 Å². The van der Waals surface area contributed by atoms with Crippen molar-refractivity contribution in [3.8, 4) is 0 Å². The van der Waals surface area contributed by atoms with E-state index >= 15 is 0 Å². The molecule has 0 fully saturated rings. The molecule has 0 aliphatic heterocycles. The van der Waals surface area contributed by atoms with Gasteiger partial charge in [-0.15, -0.1) is 0 Å². The minimum atomic E-state index is -3.87. The number of hydrogen-bond acceptors (Lipinski definition) is 3. The van der Waals surface area contributed by atoms with Crippen molar-refractivity contribution in [3.63, 3.8) is 0 Å². The molecule has 2 N–H and O–H groups in total. The molecule has 1 aromatic rings. The zero-order valence-electron chi connectivity index (χ0n) is 16.1. The van der Waals surface area contributed by atoms with Crippen molar-refractivity contribution in [2.75, 3.05) is 12.3 Å². The lowest BCUT2D eigenvalue weighted by atomic mass is 9.86. The van der Waals surface area contributed by atoms with Gasteiger partial charge in [0.2, 0.25) is 0 Å². The number of hydrogen-bond donors (Lipinski definition) is 2. The highest BCUT2D eigenvalue weighted by Gasteiger charge is 2.12. The highest BCUT2D eigenvalue weighted by molar-refractivity contribution is 7.85. The fraction of sp³-hybridized carbons (Fsp3) is 0.600. The molecule has 1 atom stereocenters. The van der Waals surface area contributed by atoms with Gasteiger partial charge in [-0.3, -0.25) is 4.55 Å². The predicted octanol–water partition coefficient (Wildman–Crippen LogP) is 4.28. The maximum Gasteiger partial charge on any atom is 0.264 e. The molecule has 0 aromatic heterocycles. The van der Waals surface area contributed by atoms with E-state index < -0.39 is 10.1 Å². The van der Waals surface area contributed by atoms with E-state index in [0.717, 1.165) is 12.0 Å². The van der Waals surface area contributed by atoms with Gasteiger partial charge < -0.3 is 5.32 Å². The zero-order chi connectivity index (χ0) is 19.1. The molecule has 1 rings (SSSR count). The molecule has 4 nitrogen and oxygen atoms in total. The molecular weight excluding hydrogens is 334 g/mol. The average molecular weight is 368 g/mol. The van der Waals surface area contributed by atoms with Gasteiger partial charge in [0.15, 0.2) is 0 Å². The van der Waals surface area contributed by atoms with Gasteiger partial charge in [-0.2, -0.15) is 8.42 Å². The maximum absolute atomic E-state index is 10.8. The van der Waals surface area contributed by atoms with Gasteiger partial charge in [0, 0.05) is 6.04 Å². The van der Waals surface area contributed by atoms with E-state index in [-0.39, 0.29) is 17.2 Å². The van der Waals surface area contributed by atoms with E-state index in [9.17, 15) is 8.42 Å². The fourth-order valence-corrected chi connectivity index (χ4v) is 3.11. The van der Waals surface area contributed by atoms with Gasteiger partial charge in [-0.05, 0) is 41.8 Å². The first-order valence-electron chi connectivity index (χ1n) is 8.94. The standard InChI is InChI=1S/C20H33NO3S/c1-16(2)15-19(21-13-6-14-25(22,23)24)12-9-17-7-10-18(11-8-17)20(3,4)5/h7-12,16,19,21H,6,13-15H2,1-5H3,(H,22,23,24)/b12-9+/t19-/m0/s1. The molecule has 0 heterocycles. The van der Waals surface area contributed by atoms with Gasteiger partial charge in [0.05, 0.1) is 5.75 Å². The van der Waals surface area contributed by atoms with E-state index in [1.54, 1.807) is 0 Å². The van der Waals surface area contributed by atoms with Crippen molar-refractivity contribution >= 4 is 16.2 Å². The summed E-state index contributed by atoms with van der Waals surface area (Å²) in [6.07, 6.45) is 5.62. The lowest BCUT2D eigenvalue weighted by Gasteiger charge is -2.19. The Morgan fingerprint density at radius 1 is 1.16 bits per heavy atom. The summed E-state index contributed by atoms with van der Waals surface area (Å²) in [5.74, 6) is 0.332. The topological polar surface area (TPSA) is 66.4 Å². The smallest absolute Gasteiger partial charge is 0.264 e. The zero-order valence-corrected chi connectivity index (χ0v) is 16.9. The van der Waals surface area contributed by atoms with Crippen LogP contribution in [0.4, 0.5) is 0 Å². The molecule has 0 spiro atoms. The van der Waals surface area contributed by atoms with E-state index in [0.29, 0.717) is 18.9 Å². The van der Waals surface area contributed by atoms with Crippen LogP contribution in [0.2, 0.25) is 0 Å². The van der Waals surface area contributed by atoms with Gasteiger partial charge in [-0.25, -0.2) is 0 Å². The minimum absolute atomic E-state index is 0.150. The van der Waals surface area contributed by atoms with Crippen LogP contribution in [0.25, 0.3) is 6.08 Å². The van der Waals surface area contributed by atoms with E-state index in [1.165, 1.54) is 5.56 Å². The second-order valence-corrected chi connectivity index (χ2v) is 9.63.